The van der Waals surface area contributed by atoms with Crippen molar-refractivity contribution in [3.63, 3.8) is 0 Å². The minimum absolute atomic E-state index is 0.0730. The zero-order valence-electron chi connectivity index (χ0n) is 40.0. The lowest BCUT2D eigenvalue weighted by molar-refractivity contribution is 0.167. The number of nitrogens with one attached hydrogen (secondary N) is 10. The molecule has 418 valence electrons. The summed E-state index contributed by atoms with van der Waals surface area (Å²) in [5, 5.41) is 28.2. The Morgan fingerprint density at radius 3 is 1.17 bits per heavy atom. The molecule has 34 heteroatoms. The van der Waals surface area contributed by atoms with Crippen molar-refractivity contribution >= 4 is 85.4 Å². The molecular formula is C41H63ClN14O14S5. The van der Waals surface area contributed by atoms with E-state index in [2.05, 4.69) is 67.5 Å². The standard InChI is InChI=1S/C41H63ClN14O14S5/c42-39-53-40(43)55-41(54-39)44-16-1-10-30(75(68,69)70)29(11-16)56-71(57,58)17-2-6-21-25(12-17)35-46-31(21)45-32-22-7-3-19(73(62,63)64)14-27(22)37(47-32)52-38-28-15-20(74(65,66)67)5-9-24(28)34(51-38)50-36-26-13-18(72(59,60)61)4-8-23(26)33(48-35)49-36/h1,10-11,17-28,31-38,45-52,56H,2-9,12-15H2,(H,59,60,61)(H,62,63,64)(H,65,66,67)(H,68,69,70)(H3,43,44,53,54,55). The van der Waals surface area contributed by atoms with Gasteiger partial charge in [0.05, 0.1) is 76.0 Å². The van der Waals surface area contributed by atoms with E-state index in [1.165, 1.54) is 6.07 Å². The first-order valence-corrected chi connectivity index (χ1v) is 33.1. The average molecular weight is 1170 g/mol. The molecule has 9 aliphatic rings. The van der Waals surface area contributed by atoms with Crippen molar-refractivity contribution in [3.8, 4) is 0 Å². The van der Waals surface area contributed by atoms with Gasteiger partial charge in [0.2, 0.25) is 27.2 Å². The maximum atomic E-state index is 14.6. The van der Waals surface area contributed by atoms with Crippen LogP contribution in [-0.4, -0.2) is 146 Å². The predicted octanol–water partition coefficient (Wildman–Crippen LogP) is -0.964. The van der Waals surface area contributed by atoms with Crippen molar-refractivity contribution in [2.45, 2.75) is 152 Å². The molecule has 6 heterocycles. The lowest BCUT2D eigenvalue weighted by Crippen LogP contribution is -2.61. The molecule has 75 heavy (non-hydrogen) atoms. The number of hydrogen-bond donors (Lipinski definition) is 15. The van der Waals surface area contributed by atoms with Crippen LogP contribution in [0, 0.1) is 47.3 Å². The molecule has 4 aliphatic carbocycles. The molecule has 11 rings (SSSR count). The van der Waals surface area contributed by atoms with Crippen LogP contribution in [0.4, 0.5) is 23.3 Å². The summed E-state index contributed by atoms with van der Waals surface area (Å²) in [6.45, 7) is 0. The van der Waals surface area contributed by atoms with Crippen molar-refractivity contribution in [1.82, 2.24) is 57.5 Å². The van der Waals surface area contributed by atoms with Gasteiger partial charge in [-0.25, -0.2) is 8.42 Å². The number of nitrogens with two attached hydrogens (primary N) is 1. The number of nitrogens with zero attached hydrogens (tertiary/aromatic N) is 3. The van der Waals surface area contributed by atoms with Gasteiger partial charge in [0.1, 0.15) is 4.90 Å². The Labute approximate surface area is 439 Å². The number of anilines is 4. The topological polar surface area (TPSA) is 437 Å². The highest BCUT2D eigenvalue weighted by Gasteiger charge is 2.58. The van der Waals surface area contributed by atoms with Gasteiger partial charge in [-0.3, -0.25) is 65.5 Å². The molecule has 2 aromatic rings. The molecule has 0 amide bonds. The number of rotatable bonds is 9. The van der Waals surface area contributed by atoms with Gasteiger partial charge in [-0.2, -0.15) is 48.6 Å². The normalized spacial score (nSPS) is 41.2. The molecule has 28 nitrogen and oxygen atoms in total. The molecule has 1 aromatic heterocycles. The largest absolute Gasteiger partial charge is 0.368 e. The summed E-state index contributed by atoms with van der Waals surface area (Å²) < 4.78 is 174. The minimum Gasteiger partial charge on any atom is -0.368 e. The van der Waals surface area contributed by atoms with Gasteiger partial charge in [-0.1, -0.05) is 0 Å². The van der Waals surface area contributed by atoms with Crippen LogP contribution in [0.3, 0.4) is 0 Å². The summed E-state index contributed by atoms with van der Waals surface area (Å²) in [5.74, 6) is -2.53. The van der Waals surface area contributed by atoms with E-state index >= 15 is 0 Å². The molecule has 5 saturated heterocycles. The fourth-order valence-corrected chi connectivity index (χ4v) is 19.8. The molecule has 5 aliphatic heterocycles. The number of fused-ring (bicyclic) bond motifs is 20. The third kappa shape index (κ3) is 10.9. The van der Waals surface area contributed by atoms with Crippen molar-refractivity contribution in [3.05, 3.63) is 23.5 Å². The third-order valence-electron chi connectivity index (χ3n) is 18.0. The van der Waals surface area contributed by atoms with Crippen LogP contribution in [0.5, 0.6) is 0 Å². The van der Waals surface area contributed by atoms with Crippen LogP contribution in [-0.2, 0) is 50.5 Å². The Balaban J connectivity index is 0.919. The van der Waals surface area contributed by atoms with Gasteiger partial charge in [0, 0.05) is 5.69 Å². The Morgan fingerprint density at radius 2 is 0.827 bits per heavy atom. The molecule has 1 aromatic carbocycles. The summed E-state index contributed by atoms with van der Waals surface area (Å²) >= 11 is 5.94. The Morgan fingerprint density at radius 1 is 0.480 bits per heavy atom. The fraction of sp³-hybridized carbons (Fsp3) is 0.780. The molecule has 9 fully saturated rings. The number of aromatic nitrogens is 3. The number of halogens is 1. The van der Waals surface area contributed by atoms with Crippen LogP contribution >= 0.6 is 11.6 Å². The van der Waals surface area contributed by atoms with E-state index in [0.29, 0.717) is 25.7 Å². The molecule has 0 spiro atoms. The SMILES string of the molecule is Nc1nc(Cl)nc(Nc2ccc(S(=O)(=O)O)c(NS(=O)(=O)C3CCC4C5NC6NC(NC7NC(NC8NC(NC(N5)C4C3)C3CCC(S(=O)(=O)O)CC83)C3CCC(S(=O)(=O)O)CC73)C3CC(S(=O)(=O)O)CCC63)c2)n1. The van der Waals surface area contributed by atoms with E-state index in [0.717, 1.165) is 12.1 Å². The van der Waals surface area contributed by atoms with Crippen LogP contribution in [0.25, 0.3) is 0 Å². The third-order valence-corrected chi connectivity index (χ3v) is 24.7. The summed E-state index contributed by atoms with van der Waals surface area (Å²) in [5.41, 5.74) is 5.36. The second-order valence-electron chi connectivity index (χ2n) is 22.0. The first kappa shape index (κ1) is 54.2. The second kappa shape index (κ2) is 19.8. The Kier molecular flexibility index (Phi) is 14.3. The van der Waals surface area contributed by atoms with Gasteiger partial charge in [0.15, 0.2) is 0 Å². The average Bonchev–Trinajstić information content (AvgIpc) is 4.06. The molecule has 4 saturated carbocycles. The first-order chi connectivity index (χ1) is 35.2. The number of benzene rings is 1. The van der Waals surface area contributed by atoms with Crippen LogP contribution < -0.4 is 58.3 Å². The van der Waals surface area contributed by atoms with Crippen LogP contribution in [0.15, 0.2) is 23.1 Å². The summed E-state index contributed by atoms with van der Waals surface area (Å²) in [7, 11) is -22.7. The monoisotopic (exact) mass is 1170 g/mol. The summed E-state index contributed by atoms with van der Waals surface area (Å²) in [6, 6.07) is 3.42. The summed E-state index contributed by atoms with van der Waals surface area (Å²) in [6.07, 6.45) is -1.34. The first-order valence-electron chi connectivity index (χ1n) is 25.2. The highest BCUT2D eigenvalue weighted by atomic mass is 35.5. The zero-order valence-corrected chi connectivity index (χ0v) is 44.8. The Hall–Kier alpha value is -2.81. The second-order valence-corrected chi connectivity index (χ2v) is 30.8. The van der Waals surface area contributed by atoms with Crippen molar-refractivity contribution in [1.29, 1.82) is 0 Å². The van der Waals surface area contributed by atoms with Gasteiger partial charge in [-0.15, -0.1) is 0 Å². The molecule has 0 radical (unpaired) electrons. The van der Waals surface area contributed by atoms with E-state index in [-0.39, 0.29) is 116 Å². The molecule has 20 unspecified atom stereocenters. The predicted molar refractivity (Wildman–Crippen MR) is 270 cm³/mol. The van der Waals surface area contributed by atoms with Crippen molar-refractivity contribution < 1.29 is 60.3 Å². The van der Waals surface area contributed by atoms with Crippen LogP contribution in [0.2, 0.25) is 5.28 Å². The van der Waals surface area contributed by atoms with Crippen LogP contribution in [0.1, 0.15) is 77.0 Å². The molecule has 8 bridgehead atoms. The molecule has 20 atom stereocenters. The fourth-order valence-electron chi connectivity index (χ4n) is 14.6. The highest BCUT2D eigenvalue weighted by Crippen LogP contribution is 2.48. The summed E-state index contributed by atoms with van der Waals surface area (Å²) in [4.78, 5) is 10.9. The number of nitrogen functional groups attached to an aromatic ring is 1. The number of hydrogen-bond acceptors (Lipinski definition) is 23. The minimum atomic E-state index is -4.98. The molecular weight excluding hydrogens is 1110 g/mol. The van der Waals surface area contributed by atoms with E-state index in [1.54, 1.807) is 0 Å². The molecule has 16 N–H and O–H groups in total. The van der Waals surface area contributed by atoms with Gasteiger partial charge in [-0.05, 0) is 154 Å². The zero-order chi connectivity index (χ0) is 53.3. The number of sulfonamides is 1. The van der Waals surface area contributed by atoms with E-state index in [4.69, 9.17) is 17.3 Å². The maximum absolute atomic E-state index is 14.6. The van der Waals surface area contributed by atoms with E-state index in [9.17, 15) is 60.3 Å². The van der Waals surface area contributed by atoms with Crippen molar-refractivity contribution in [2.24, 2.45) is 47.3 Å². The van der Waals surface area contributed by atoms with E-state index < -0.39 is 137 Å². The Bertz CT molecular complexity index is 3120. The lowest BCUT2D eigenvalue weighted by atomic mass is 9.76. The van der Waals surface area contributed by atoms with E-state index in [1.807, 2.05) is 0 Å². The smallest absolute Gasteiger partial charge is 0.296 e. The van der Waals surface area contributed by atoms with Crippen molar-refractivity contribution in [2.75, 3.05) is 15.8 Å². The van der Waals surface area contributed by atoms with Gasteiger partial charge in [0.25, 0.3) is 40.5 Å². The van der Waals surface area contributed by atoms with Gasteiger partial charge < -0.3 is 11.1 Å². The quantitative estimate of drug-likeness (QED) is 0.134. The highest BCUT2D eigenvalue weighted by molar-refractivity contribution is 7.93. The maximum Gasteiger partial charge on any atom is 0.296 e. The van der Waals surface area contributed by atoms with Gasteiger partial charge >= 0.3 is 0 Å². The lowest BCUT2D eigenvalue weighted by Gasteiger charge is -2.38.